The molecule has 1 aromatic heterocycles. The maximum Gasteiger partial charge on any atom is 0.231 e. The van der Waals surface area contributed by atoms with Crippen molar-refractivity contribution >= 4 is 17.4 Å². The normalized spacial score (nSPS) is 26.7. The van der Waals surface area contributed by atoms with E-state index in [-0.39, 0.29) is 11.3 Å². The number of nitrogens with one attached hydrogen (secondary N) is 1. The van der Waals surface area contributed by atoms with Crippen LogP contribution in [0.3, 0.4) is 0 Å². The molecular formula is C21H25N3O2. The molecule has 2 aromatic rings. The summed E-state index contributed by atoms with van der Waals surface area (Å²) in [6.07, 6.45) is 6.89. The van der Waals surface area contributed by atoms with Gasteiger partial charge in [-0.25, -0.2) is 4.98 Å². The van der Waals surface area contributed by atoms with Gasteiger partial charge in [-0.05, 0) is 67.3 Å². The number of nitrogen functional groups attached to an aromatic ring is 1. The maximum atomic E-state index is 13.4. The molecule has 0 aliphatic heterocycles. The highest BCUT2D eigenvalue weighted by atomic mass is 16.5. The number of carbonyl (C=O) groups excluding carboxylic acids is 1. The van der Waals surface area contributed by atoms with Gasteiger partial charge in [-0.1, -0.05) is 18.6 Å². The minimum atomic E-state index is -0.351. The van der Waals surface area contributed by atoms with E-state index in [4.69, 9.17) is 10.5 Å². The molecule has 0 spiro atoms. The van der Waals surface area contributed by atoms with Crippen LogP contribution in [0.5, 0.6) is 5.75 Å². The lowest BCUT2D eigenvalue weighted by molar-refractivity contribution is -0.128. The summed E-state index contributed by atoms with van der Waals surface area (Å²) in [5, 5.41) is 3.10. The summed E-state index contributed by atoms with van der Waals surface area (Å²) in [5.41, 5.74) is 7.16. The molecule has 2 saturated carbocycles. The molecule has 3 unspecified atom stereocenters. The minimum Gasteiger partial charge on any atom is -0.497 e. The number of aromatic nitrogens is 1. The standard InChI is InChI=1S/C21H25N3O2/c1-26-18-4-2-3-14(10-18)11-21(12-15-5-6-16(21)9-15)20(25)24-17-7-8-19(22)23-13-17/h2-4,7-8,10,13,15-16H,5-6,9,11-12H2,1H3,(H2,22,23)(H,24,25). The van der Waals surface area contributed by atoms with Crippen molar-refractivity contribution in [3.63, 3.8) is 0 Å². The molecule has 2 aliphatic rings. The summed E-state index contributed by atoms with van der Waals surface area (Å²) in [6, 6.07) is 11.6. The number of carbonyl (C=O) groups is 1. The fourth-order valence-electron chi connectivity index (χ4n) is 4.90. The molecule has 4 rings (SSSR count). The third-order valence-corrected chi connectivity index (χ3v) is 6.13. The van der Waals surface area contributed by atoms with Gasteiger partial charge in [0.05, 0.1) is 24.4 Å². The van der Waals surface area contributed by atoms with Gasteiger partial charge in [0.1, 0.15) is 11.6 Å². The summed E-state index contributed by atoms with van der Waals surface area (Å²) >= 11 is 0. The third-order valence-electron chi connectivity index (χ3n) is 6.13. The Morgan fingerprint density at radius 3 is 2.88 bits per heavy atom. The zero-order valence-electron chi connectivity index (χ0n) is 15.1. The molecule has 5 heteroatoms. The van der Waals surface area contributed by atoms with Crippen molar-refractivity contribution in [1.82, 2.24) is 4.98 Å². The molecule has 2 fully saturated rings. The summed E-state index contributed by atoms with van der Waals surface area (Å²) in [7, 11) is 1.67. The molecule has 1 heterocycles. The lowest BCUT2D eigenvalue weighted by atomic mass is 9.68. The number of fused-ring (bicyclic) bond motifs is 2. The molecule has 2 aliphatic carbocycles. The second-order valence-electron chi connectivity index (χ2n) is 7.69. The van der Waals surface area contributed by atoms with E-state index in [1.165, 1.54) is 6.42 Å². The van der Waals surface area contributed by atoms with Gasteiger partial charge in [-0.15, -0.1) is 0 Å². The number of hydrogen-bond donors (Lipinski definition) is 2. The third kappa shape index (κ3) is 3.02. The van der Waals surface area contributed by atoms with Crippen LogP contribution >= 0.6 is 0 Å². The summed E-state index contributed by atoms with van der Waals surface area (Å²) in [5.74, 6) is 2.51. The number of pyridine rings is 1. The van der Waals surface area contributed by atoms with Crippen LogP contribution in [0.2, 0.25) is 0 Å². The Balaban J connectivity index is 1.61. The van der Waals surface area contributed by atoms with Gasteiger partial charge in [-0.2, -0.15) is 0 Å². The van der Waals surface area contributed by atoms with E-state index >= 15 is 0 Å². The van der Waals surface area contributed by atoms with Crippen LogP contribution in [0.4, 0.5) is 11.5 Å². The first-order valence-electron chi connectivity index (χ1n) is 9.25. The molecule has 3 N–H and O–H groups in total. The fourth-order valence-corrected chi connectivity index (χ4v) is 4.90. The molecule has 1 amide bonds. The number of ether oxygens (including phenoxy) is 1. The number of nitrogens with two attached hydrogens (primary N) is 1. The van der Waals surface area contributed by atoms with E-state index in [9.17, 15) is 4.79 Å². The van der Waals surface area contributed by atoms with Gasteiger partial charge in [0, 0.05) is 0 Å². The molecule has 26 heavy (non-hydrogen) atoms. The number of benzene rings is 1. The van der Waals surface area contributed by atoms with Crippen molar-refractivity contribution in [2.45, 2.75) is 32.1 Å². The first-order valence-corrected chi connectivity index (χ1v) is 9.25. The molecule has 136 valence electrons. The Labute approximate surface area is 154 Å². The summed E-state index contributed by atoms with van der Waals surface area (Å²) < 4.78 is 5.36. The molecule has 0 radical (unpaired) electrons. The topological polar surface area (TPSA) is 77.2 Å². The van der Waals surface area contributed by atoms with E-state index in [2.05, 4.69) is 16.4 Å². The first-order chi connectivity index (χ1) is 12.6. The van der Waals surface area contributed by atoms with E-state index in [1.807, 2.05) is 24.3 Å². The maximum absolute atomic E-state index is 13.4. The summed E-state index contributed by atoms with van der Waals surface area (Å²) in [4.78, 5) is 17.5. The number of amides is 1. The van der Waals surface area contributed by atoms with E-state index in [0.717, 1.165) is 37.0 Å². The Bertz CT molecular complexity index is 805. The number of nitrogens with zero attached hydrogens (tertiary/aromatic N) is 1. The zero-order chi connectivity index (χ0) is 18.1. The van der Waals surface area contributed by atoms with Crippen molar-refractivity contribution in [2.75, 3.05) is 18.2 Å². The average Bonchev–Trinajstić information content (AvgIpc) is 3.25. The lowest BCUT2D eigenvalue weighted by Crippen LogP contribution is -2.42. The molecule has 5 nitrogen and oxygen atoms in total. The zero-order valence-corrected chi connectivity index (χ0v) is 15.1. The van der Waals surface area contributed by atoms with Crippen LogP contribution in [0.15, 0.2) is 42.6 Å². The number of rotatable bonds is 5. The van der Waals surface area contributed by atoms with Crippen molar-refractivity contribution in [3.05, 3.63) is 48.2 Å². The molecule has 1 aromatic carbocycles. The highest BCUT2D eigenvalue weighted by molar-refractivity contribution is 5.96. The van der Waals surface area contributed by atoms with Crippen LogP contribution in [0.25, 0.3) is 0 Å². The monoisotopic (exact) mass is 351 g/mol. The van der Waals surface area contributed by atoms with Crippen molar-refractivity contribution in [1.29, 1.82) is 0 Å². The Hall–Kier alpha value is -2.56. The Kier molecular flexibility index (Phi) is 4.31. The fraction of sp³-hybridized carbons (Fsp3) is 0.429. The van der Waals surface area contributed by atoms with Gasteiger partial charge in [0.25, 0.3) is 0 Å². The number of hydrogen-bond acceptors (Lipinski definition) is 4. The average molecular weight is 351 g/mol. The minimum absolute atomic E-state index is 0.110. The number of anilines is 2. The number of methoxy groups -OCH3 is 1. The van der Waals surface area contributed by atoms with Gasteiger partial charge in [0.2, 0.25) is 5.91 Å². The summed E-state index contributed by atoms with van der Waals surface area (Å²) in [6.45, 7) is 0. The second-order valence-corrected chi connectivity index (χ2v) is 7.69. The van der Waals surface area contributed by atoms with Crippen LogP contribution in [-0.4, -0.2) is 18.0 Å². The molecule has 3 atom stereocenters. The van der Waals surface area contributed by atoms with Gasteiger partial charge >= 0.3 is 0 Å². The predicted molar refractivity (Wildman–Crippen MR) is 102 cm³/mol. The predicted octanol–water partition coefficient (Wildman–Crippen LogP) is 3.66. The van der Waals surface area contributed by atoms with E-state index in [1.54, 1.807) is 19.4 Å². The van der Waals surface area contributed by atoms with Crippen LogP contribution in [0.1, 0.15) is 31.2 Å². The SMILES string of the molecule is COc1cccc(CC2(C(=O)Nc3ccc(N)nc3)CC3CCC2C3)c1. The molecular weight excluding hydrogens is 326 g/mol. The van der Waals surface area contributed by atoms with Gasteiger partial charge in [0.15, 0.2) is 0 Å². The van der Waals surface area contributed by atoms with Crippen LogP contribution in [-0.2, 0) is 11.2 Å². The smallest absolute Gasteiger partial charge is 0.231 e. The van der Waals surface area contributed by atoms with Gasteiger partial charge < -0.3 is 15.8 Å². The Morgan fingerprint density at radius 2 is 2.23 bits per heavy atom. The van der Waals surface area contributed by atoms with Crippen molar-refractivity contribution < 1.29 is 9.53 Å². The Morgan fingerprint density at radius 1 is 1.35 bits per heavy atom. The van der Waals surface area contributed by atoms with Gasteiger partial charge in [-0.3, -0.25) is 4.79 Å². The largest absolute Gasteiger partial charge is 0.497 e. The van der Waals surface area contributed by atoms with E-state index < -0.39 is 0 Å². The van der Waals surface area contributed by atoms with E-state index in [0.29, 0.717) is 23.3 Å². The molecule has 0 saturated heterocycles. The highest BCUT2D eigenvalue weighted by Gasteiger charge is 2.55. The lowest BCUT2D eigenvalue weighted by Gasteiger charge is -2.36. The quantitative estimate of drug-likeness (QED) is 0.862. The van der Waals surface area contributed by atoms with Crippen molar-refractivity contribution in [2.24, 2.45) is 17.3 Å². The first kappa shape index (κ1) is 16.9. The van der Waals surface area contributed by atoms with Crippen molar-refractivity contribution in [3.8, 4) is 5.75 Å². The van der Waals surface area contributed by atoms with Crippen LogP contribution < -0.4 is 15.8 Å². The second kappa shape index (κ2) is 6.63. The highest BCUT2D eigenvalue weighted by Crippen LogP contribution is 2.57. The molecule has 2 bridgehead atoms. The van der Waals surface area contributed by atoms with Crippen LogP contribution in [0, 0.1) is 17.3 Å².